The van der Waals surface area contributed by atoms with Gasteiger partial charge < -0.3 is 5.73 Å². The lowest BCUT2D eigenvalue weighted by Crippen LogP contribution is -2.13. The lowest BCUT2D eigenvalue weighted by Gasteiger charge is -2.13. The van der Waals surface area contributed by atoms with Crippen molar-refractivity contribution in [3.8, 4) is 0 Å². The fourth-order valence-electron chi connectivity index (χ4n) is 2.12. The minimum atomic E-state index is -0.140. The molecule has 0 spiro atoms. The second kappa shape index (κ2) is 5.78. The molecule has 0 saturated carbocycles. The van der Waals surface area contributed by atoms with E-state index < -0.39 is 0 Å². The van der Waals surface area contributed by atoms with E-state index in [9.17, 15) is 0 Å². The highest BCUT2D eigenvalue weighted by molar-refractivity contribution is 5.31. The molecule has 94 valence electrons. The molecule has 1 heterocycles. The van der Waals surface area contributed by atoms with E-state index in [1.54, 1.807) is 6.20 Å². The van der Waals surface area contributed by atoms with Crippen molar-refractivity contribution in [1.29, 1.82) is 0 Å². The molecule has 0 aliphatic rings. The van der Waals surface area contributed by atoms with Crippen molar-refractivity contribution >= 4 is 0 Å². The van der Waals surface area contributed by atoms with Crippen molar-refractivity contribution in [1.82, 2.24) is 4.98 Å². The van der Waals surface area contributed by atoms with E-state index in [0.29, 0.717) is 5.92 Å². The molecule has 0 amide bonds. The van der Waals surface area contributed by atoms with Crippen LogP contribution in [0.15, 0.2) is 48.7 Å². The number of benzene rings is 1. The summed E-state index contributed by atoms with van der Waals surface area (Å²) in [6.07, 6.45) is 2.87. The van der Waals surface area contributed by atoms with Crippen LogP contribution in [0.4, 0.5) is 0 Å². The van der Waals surface area contributed by atoms with Gasteiger partial charge in [0.15, 0.2) is 0 Å². The molecule has 2 heteroatoms. The van der Waals surface area contributed by atoms with E-state index in [4.69, 9.17) is 5.73 Å². The van der Waals surface area contributed by atoms with Crippen LogP contribution in [-0.2, 0) is 6.42 Å². The summed E-state index contributed by atoms with van der Waals surface area (Å²) in [6, 6.07) is 14.2. The minimum absolute atomic E-state index is 0.140. The highest BCUT2D eigenvalue weighted by Gasteiger charge is 2.10. The summed E-state index contributed by atoms with van der Waals surface area (Å²) in [5, 5.41) is 0. The maximum Gasteiger partial charge on any atom is 0.0726 e. The van der Waals surface area contributed by atoms with Gasteiger partial charge in [0.25, 0.3) is 0 Å². The molecule has 2 aromatic rings. The molecule has 1 unspecified atom stereocenters. The Morgan fingerprint density at radius 2 is 1.94 bits per heavy atom. The quantitative estimate of drug-likeness (QED) is 0.890. The van der Waals surface area contributed by atoms with Gasteiger partial charge in [0.1, 0.15) is 0 Å². The number of nitrogens with zero attached hydrogens (tertiary/aromatic N) is 1. The monoisotopic (exact) mass is 240 g/mol. The number of hydrogen-bond donors (Lipinski definition) is 1. The van der Waals surface area contributed by atoms with Gasteiger partial charge in [0.2, 0.25) is 0 Å². The molecule has 0 radical (unpaired) electrons. The van der Waals surface area contributed by atoms with Gasteiger partial charge in [0, 0.05) is 6.20 Å². The lowest BCUT2D eigenvalue weighted by atomic mass is 9.97. The van der Waals surface area contributed by atoms with Crippen molar-refractivity contribution in [2.75, 3.05) is 0 Å². The first kappa shape index (κ1) is 12.8. The second-order valence-electron chi connectivity index (χ2n) is 5.08. The Labute approximate surface area is 109 Å². The Morgan fingerprint density at radius 3 is 2.61 bits per heavy atom. The average Bonchev–Trinajstić information content (AvgIpc) is 2.38. The third-order valence-electron chi connectivity index (χ3n) is 2.96. The summed E-state index contributed by atoms with van der Waals surface area (Å²) in [7, 11) is 0. The van der Waals surface area contributed by atoms with Crippen LogP contribution >= 0.6 is 0 Å². The number of aromatic nitrogens is 1. The summed E-state index contributed by atoms with van der Waals surface area (Å²) in [5.74, 6) is 0.659. The number of nitrogens with two attached hydrogens (primary N) is 1. The number of pyridine rings is 1. The molecule has 1 atom stereocenters. The molecule has 1 aromatic carbocycles. The zero-order valence-corrected chi connectivity index (χ0v) is 11.0. The summed E-state index contributed by atoms with van der Waals surface area (Å²) in [4.78, 5) is 4.32. The molecule has 18 heavy (non-hydrogen) atoms. The third kappa shape index (κ3) is 3.17. The molecular weight excluding hydrogens is 220 g/mol. The first-order chi connectivity index (χ1) is 8.66. The van der Waals surface area contributed by atoms with E-state index >= 15 is 0 Å². The Morgan fingerprint density at radius 1 is 1.11 bits per heavy atom. The SMILES string of the molecule is CC(C)Cc1cccc(C(N)c2ccccn2)c1. The van der Waals surface area contributed by atoms with Gasteiger partial charge in [-0.3, -0.25) is 4.98 Å². The topological polar surface area (TPSA) is 38.9 Å². The van der Waals surface area contributed by atoms with Gasteiger partial charge >= 0.3 is 0 Å². The van der Waals surface area contributed by atoms with Crippen molar-refractivity contribution in [3.05, 3.63) is 65.5 Å². The van der Waals surface area contributed by atoms with Crippen LogP contribution in [0, 0.1) is 5.92 Å². The molecule has 2 rings (SSSR count). The van der Waals surface area contributed by atoms with Crippen molar-refractivity contribution in [3.63, 3.8) is 0 Å². The summed E-state index contributed by atoms with van der Waals surface area (Å²) < 4.78 is 0. The van der Waals surface area contributed by atoms with Crippen LogP contribution in [0.25, 0.3) is 0 Å². The van der Waals surface area contributed by atoms with E-state index in [2.05, 4.69) is 43.1 Å². The van der Waals surface area contributed by atoms with Gasteiger partial charge in [-0.05, 0) is 35.6 Å². The first-order valence-corrected chi connectivity index (χ1v) is 6.42. The van der Waals surface area contributed by atoms with Gasteiger partial charge in [-0.15, -0.1) is 0 Å². The highest BCUT2D eigenvalue weighted by Crippen LogP contribution is 2.19. The highest BCUT2D eigenvalue weighted by atomic mass is 14.8. The predicted octanol–water partition coefficient (Wildman–Crippen LogP) is 3.33. The number of rotatable bonds is 4. The predicted molar refractivity (Wildman–Crippen MR) is 75.3 cm³/mol. The van der Waals surface area contributed by atoms with Crippen molar-refractivity contribution in [2.24, 2.45) is 11.7 Å². The van der Waals surface area contributed by atoms with Gasteiger partial charge in [-0.2, -0.15) is 0 Å². The standard InChI is InChI=1S/C16H20N2/c1-12(2)10-13-6-5-7-14(11-13)16(17)15-8-3-4-9-18-15/h3-9,11-12,16H,10,17H2,1-2H3. The second-order valence-corrected chi connectivity index (χ2v) is 5.08. The van der Waals surface area contributed by atoms with Crippen LogP contribution in [0.2, 0.25) is 0 Å². The fraction of sp³-hybridized carbons (Fsp3) is 0.312. The smallest absolute Gasteiger partial charge is 0.0726 e. The fourth-order valence-corrected chi connectivity index (χ4v) is 2.12. The largest absolute Gasteiger partial charge is 0.319 e. The molecule has 0 saturated heterocycles. The third-order valence-corrected chi connectivity index (χ3v) is 2.96. The van der Waals surface area contributed by atoms with E-state index in [0.717, 1.165) is 17.7 Å². The summed E-state index contributed by atoms with van der Waals surface area (Å²) in [6.45, 7) is 4.46. The Bertz CT molecular complexity index is 491. The van der Waals surface area contributed by atoms with Crippen molar-refractivity contribution in [2.45, 2.75) is 26.3 Å². The van der Waals surface area contributed by atoms with E-state index in [1.807, 2.05) is 18.2 Å². The van der Waals surface area contributed by atoms with Crippen LogP contribution < -0.4 is 5.73 Å². The van der Waals surface area contributed by atoms with Gasteiger partial charge in [0.05, 0.1) is 11.7 Å². The molecular formula is C16H20N2. The van der Waals surface area contributed by atoms with Crippen LogP contribution in [0.1, 0.15) is 36.7 Å². The zero-order chi connectivity index (χ0) is 13.0. The van der Waals surface area contributed by atoms with Crippen LogP contribution in [-0.4, -0.2) is 4.98 Å². The molecule has 1 aromatic heterocycles. The molecule has 0 aliphatic carbocycles. The molecule has 0 fully saturated rings. The maximum atomic E-state index is 6.25. The minimum Gasteiger partial charge on any atom is -0.319 e. The Kier molecular flexibility index (Phi) is 4.11. The van der Waals surface area contributed by atoms with Crippen LogP contribution in [0.5, 0.6) is 0 Å². The Balaban J connectivity index is 2.23. The summed E-state index contributed by atoms with van der Waals surface area (Å²) in [5.41, 5.74) is 9.64. The molecule has 0 bridgehead atoms. The van der Waals surface area contributed by atoms with Crippen molar-refractivity contribution < 1.29 is 0 Å². The van der Waals surface area contributed by atoms with E-state index in [1.165, 1.54) is 5.56 Å². The maximum absolute atomic E-state index is 6.25. The molecule has 2 nitrogen and oxygen atoms in total. The first-order valence-electron chi connectivity index (χ1n) is 6.42. The Hall–Kier alpha value is -1.67. The molecule has 2 N–H and O–H groups in total. The number of hydrogen-bond acceptors (Lipinski definition) is 2. The van der Waals surface area contributed by atoms with Crippen LogP contribution in [0.3, 0.4) is 0 Å². The molecule has 0 aliphatic heterocycles. The zero-order valence-electron chi connectivity index (χ0n) is 11.0. The van der Waals surface area contributed by atoms with Gasteiger partial charge in [-0.25, -0.2) is 0 Å². The average molecular weight is 240 g/mol. The summed E-state index contributed by atoms with van der Waals surface area (Å²) >= 11 is 0. The normalized spacial score (nSPS) is 12.7. The van der Waals surface area contributed by atoms with E-state index in [-0.39, 0.29) is 6.04 Å². The lowest BCUT2D eigenvalue weighted by molar-refractivity contribution is 0.646. The van der Waals surface area contributed by atoms with Gasteiger partial charge in [-0.1, -0.05) is 44.2 Å².